The number of fused-ring (bicyclic) bond motifs is 2. The third kappa shape index (κ3) is 7.22. The highest BCUT2D eigenvalue weighted by molar-refractivity contribution is 5.91. The molecule has 9 heteroatoms. The third-order valence-corrected chi connectivity index (χ3v) is 11.4. The molecule has 4 aliphatic heterocycles. The highest BCUT2D eigenvalue weighted by atomic mass is 16.2. The Kier molecular flexibility index (Phi) is 9.68. The fourth-order valence-corrected chi connectivity index (χ4v) is 8.37. The number of anilines is 1. The number of rotatable bonds is 9. The molecule has 0 radical (unpaired) electrons. The first-order valence-electron chi connectivity index (χ1n) is 17.6. The number of amides is 2. The van der Waals surface area contributed by atoms with Crippen LogP contribution in [0.4, 0.5) is 10.5 Å². The predicted molar refractivity (Wildman–Crippen MR) is 182 cm³/mol. The summed E-state index contributed by atoms with van der Waals surface area (Å²) in [5.41, 5.74) is 4.75. The molecule has 5 heterocycles. The van der Waals surface area contributed by atoms with Gasteiger partial charge in [0.25, 0.3) is 0 Å². The number of nitrogens with zero attached hydrogens (tertiary/aromatic N) is 5. The van der Waals surface area contributed by atoms with Crippen LogP contribution in [-0.4, -0.2) is 120 Å². The SMILES string of the molecule is CC(c1ccc2[nH]ncc2c1)C(CCN1CCC(N2CCc3ccccc3NC2=O)CC1)CN1CCN(C2CCNCC2)CC1. The zero-order valence-electron chi connectivity index (χ0n) is 27.1. The summed E-state index contributed by atoms with van der Waals surface area (Å²) in [7, 11) is 0. The summed E-state index contributed by atoms with van der Waals surface area (Å²) in [6.07, 6.45) is 8.77. The average Bonchev–Trinajstić information content (AvgIpc) is 3.49. The molecule has 2 aromatic carbocycles. The number of carbonyl (C=O) groups excluding carboxylic acids is 1. The van der Waals surface area contributed by atoms with E-state index in [4.69, 9.17) is 0 Å². The lowest BCUT2D eigenvalue weighted by Crippen LogP contribution is -2.53. The van der Waals surface area contributed by atoms with E-state index in [-0.39, 0.29) is 6.03 Å². The minimum atomic E-state index is 0.0714. The molecular weight excluding hydrogens is 560 g/mol. The maximum absolute atomic E-state index is 13.1. The molecule has 0 bridgehead atoms. The number of piperidine rings is 2. The number of urea groups is 1. The van der Waals surface area contributed by atoms with Crippen LogP contribution in [0.3, 0.4) is 0 Å². The van der Waals surface area contributed by atoms with Crippen molar-refractivity contribution in [1.29, 1.82) is 0 Å². The van der Waals surface area contributed by atoms with Crippen LogP contribution in [0.2, 0.25) is 0 Å². The number of aromatic nitrogens is 2. The van der Waals surface area contributed by atoms with Gasteiger partial charge in [-0.1, -0.05) is 31.2 Å². The zero-order chi connectivity index (χ0) is 30.6. The number of benzene rings is 2. The second-order valence-electron chi connectivity index (χ2n) is 14.0. The number of carbonyl (C=O) groups is 1. The number of hydrogen-bond acceptors (Lipinski definition) is 6. The van der Waals surface area contributed by atoms with Gasteiger partial charge in [0, 0.05) is 75.5 Å². The molecule has 4 aliphatic rings. The topological polar surface area (TPSA) is 82.8 Å². The molecule has 45 heavy (non-hydrogen) atoms. The number of likely N-dealkylation sites (tertiary alicyclic amines) is 1. The maximum atomic E-state index is 13.1. The van der Waals surface area contributed by atoms with E-state index < -0.39 is 0 Å². The highest BCUT2D eigenvalue weighted by Gasteiger charge is 2.32. The summed E-state index contributed by atoms with van der Waals surface area (Å²) in [6.45, 7) is 14.8. The lowest BCUT2D eigenvalue weighted by molar-refractivity contribution is 0.0673. The van der Waals surface area contributed by atoms with Crippen molar-refractivity contribution in [3.8, 4) is 0 Å². The van der Waals surface area contributed by atoms with Gasteiger partial charge in [-0.3, -0.25) is 10.00 Å². The van der Waals surface area contributed by atoms with E-state index in [1.165, 1.54) is 75.0 Å². The first-order chi connectivity index (χ1) is 22.1. The van der Waals surface area contributed by atoms with Crippen LogP contribution in [0, 0.1) is 5.92 Å². The van der Waals surface area contributed by atoms with Crippen molar-refractivity contribution in [2.45, 2.75) is 63.5 Å². The van der Waals surface area contributed by atoms with E-state index in [9.17, 15) is 4.79 Å². The molecule has 2 amide bonds. The Morgan fingerprint density at radius 1 is 0.889 bits per heavy atom. The van der Waals surface area contributed by atoms with Crippen LogP contribution in [0.5, 0.6) is 0 Å². The molecule has 9 nitrogen and oxygen atoms in total. The maximum Gasteiger partial charge on any atom is 0.322 e. The molecule has 0 aliphatic carbocycles. The van der Waals surface area contributed by atoms with Crippen LogP contribution in [0.15, 0.2) is 48.7 Å². The first kappa shape index (κ1) is 30.7. The van der Waals surface area contributed by atoms with E-state index in [2.05, 4.69) is 77.7 Å². The summed E-state index contributed by atoms with van der Waals surface area (Å²) < 4.78 is 0. The monoisotopic (exact) mass is 612 g/mol. The minimum Gasteiger partial charge on any atom is -0.321 e. The molecule has 3 saturated heterocycles. The number of para-hydroxylation sites is 1. The van der Waals surface area contributed by atoms with Gasteiger partial charge < -0.3 is 25.3 Å². The van der Waals surface area contributed by atoms with Crippen molar-refractivity contribution in [1.82, 2.24) is 35.1 Å². The van der Waals surface area contributed by atoms with Crippen molar-refractivity contribution in [2.75, 3.05) is 77.3 Å². The summed E-state index contributed by atoms with van der Waals surface area (Å²) in [4.78, 5) is 23.4. The Morgan fingerprint density at radius 2 is 1.69 bits per heavy atom. The van der Waals surface area contributed by atoms with Gasteiger partial charge in [-0.05, 0) is 99.3 Å². The summed E-state index contributed by atoms with van der Waals surface area (Å²) in [5.74, 6) is 1.07. The zero-order valence-corrected chi connectivity index (χ0v) is 27.1. The molecule has 0 saturated carbocycles. The van der Waals surface area contributed by atoms with Gasteiger partial charge in [0.05, 0.1) is 11.7 Å². The Bertz CT molecular complexity index is 1400. The number of piperazine rings is 1. The smallest absolute Gasteiger partial charge is 0.321 e. The lowest BCUT2D eigenvalue weighted by Gasteiger charge is -2.42. The molecule has 3 fully saturated rings. The van der Waals surface area contributed by atoms with E-state index in [1.807, 2.05) is 18.3 Å². The van der Waals surface area contributed by atoms with E-state index in [0.29, 0.717) is 17.9 Å². The lowest BCUT2D eigenvalue weighted by atomic mass is 9.84. The summed E-state index contributed by atoms with van der Waals surface area (Å²) >= 11 is 0. The van der Waals surface area contributed by atoms with E-state index in [1.54, 1.807) is 0 Å². The van der Waals surface area contributed by atoms with Gasteiger partial charge >= 0.3 is 6.03 Å². The molecule has 3 aromatic rings. The molecule has 7 rings (SSSR count). The average molecular weight is 613 g/mol. The fraction of sp³-hybridized carbons (Fsp3) is 0.611. The van der Waals surface area contributed by atoms with Gasteiger partial charge in [0.15, 0.2) is 0 Å². The molecular formula is C36H52N8O. The predicted octanol–water partition coefficient (Wildman–Crippen LogP) is 4.60. The Hall–Kier alpha value is -2.98. The van der Waals surface area contributed by atoms with Crippen molar-refractivity contribution < 1.29 is 4.79 Å². The van der Waals surface area contributed by atoms with E-state index >= 15 is 0 Å². The van der Waals surface area contributed by atoms with Crippen molar-refractivity contribution in [3.63, 3.8) is 0 Å². The van der Waals surface area contributed by atoms with Crippen LogP contribution in [-0.2, 0) is 6.42 Å². The normalized spacial score (nSPS) is 23.0. The fourth-order valence-electron chi connectivity index (χ4n) is 8.37. The van der Waals surface area contributed by atoms with Crippen molar-refractivity contribution >= 4 is 22.6 Å². The van der Waals surface area contributed by atoms with Crippen LogP contribution < -0.4 is 10.6 Å². The Labute approximate surface area is 268 Å². The Balaban J connectivity index is 0.955. The van der Waals surface area contributed by atoms with Gasteiger partial charge in [-0.15, -0.1) is 0 Å². The minimum absolute atomic E-state index is 0.0714. The highest BCUT2D eigenvalue weighted by Crippen LogP contribution is 2.31. The van der Waals surface area contributed by atoms with Crippen molar-refractivity contribution in [3.05, 3.63) is 59.8 Å². The molecule has 1 aromatic heterocycles. The number of hydrogen-bond donors (Lipinski definition) is 3. The van der Waals surface area contributed by atoms with Crippen LogP contribution >= 0.6 is 0 Å². The standard InChI is InChI=1S/C36H52N8O/c1-27(29-6-7-35-31(24-29)25-38-40-35)30(26-42-20-22-43(23-21-42)32-8-14-37-15-9-32)10-16-41-17-12-33(13-18-41)44-19-11-28-4-2-3-5-34(28)39-36(44)45/h2-7,24-25,27,30,32-33,37H,8-23,26H2,1H3,(H,38,40)(H,39,45). The third-order valence-electron chi connectivity index (χ3n) is 11.4. The largest absolute Gasteiger partial charge is 0.322 e. The van der Waals surface area contributed by atoms with E-state index in [0.717, 1.165) is 69.2 Å². The summed E-state index contributed by atoms with van der Waals surface area (Å²) in [5, 5.41) is 15.3. The number of nitrogens with one attached hydrogen (secondary N) is 3. The Morgan fingerprint density at radius 3 is 2.51 bits per heavy atom. The number of aromatic amines is 1. The molecule has 2 unspecified atom stereocenters. The quantitative estimate of drug-likeness (QED) is 0.328. The molecule has 3 N–H and O–H groups in total. The van der Waals surface area contributed by atoms with Gasteiger partial charge in [0.2, 0.25) is 0 Å². The number of H-pyrrole nitrogens is 1. The summed E-state index contributed by atoms with van der Waals surface area (Å²) in [6, 6.07) is 16.3. The van der Waals surface area contributed by atoms with Crippen molar-refractivity contribution in [2.24, 2.45) is 5.92 Å². The molecule has 0 spiro atoms. The van der Waals surface area contributed by atoms with Crippen LogP contribution in [0.1, 0.15) is 56.1 Å². The van der Waals surface area contributed by atoms with Gasteiger partial charge in [-0.25, -0.2) is 4.79 Å². The first-order valence-corrected chi connectivity index (χ1v) is 17.6. The molecule has 2 atom stereocenters. The molecule has 242 valence electrons. The van der Waals surface area contributed by atoms with Gasteiger partial charge in [-0.2, -0.15) is 5.10 Å². The second kappa shape index (κ2) is 14.2. The second-order valence-corrected chi connectivity index (χ2v) is 14.0. The van der Waals surface area contributed by atoms with Gasteiger partial charge in [0.1, 0.15) is 0 Å². The van der Waals surface area contributed by atoms with Crippen LogP contribution in [0.25, 0.3) is 10.9 Å².